The fourth-order valence-corrected chi connectivity index (χ4v) is 7.42. The van der Waals surface area contributed by atoms with Gasteiger partial charge < -0.3 is 5.11 Å². The minimum atomic E-state index is -0.877. The number of rotatable bonds is 4. The predicted molar refractivity (Wildman–Crippen MR) is 94.1 cm³/mol. The molecule has 112 valence electrons. The number of carboxylic acids is 1. The number of aromatic carboxylic acids is 1. The van der Waals surface area contributed by atoms with Crippen LogP contribution in [0.15, 0.2) is 16.8 Å². The van der Waals surface area contributed by atoms with Crippen molar-refractivity contribution in [3.8, 4) is 10.6 Å². The summed E-state index contributed by atoms with van der Waals surface area (Å²) < 4.78 is 0. The zero-order valence-corrected chi connectivity index (χ0v) is 14.7. The number of hydrogen-bond acceptors (Lipinski definition) is 6. The first-order valence-corrected chi connectivity index (χ1v) is 10.6. The molecule has 1 aliphatic heterocycles. The van der Waals surface area contributed by atoms with Crippen LogP contribution < -0.4 is 0 Å². The van der Waals surface area contributed by atoms with Crippen molar-refractivity contribution in [2.45, 2.75) is 23.8 Å². The van der Waals surface area contributed by atoms with Crippen molar-refractivity contribution in [2.75, 3.05) is 11.5 Å². The molecular formula is C14H15NO2S4. The van der Waals surface area contributed by atoms with Crippen molar-refractivity contribution in [1.29, 1.82) is 0 Å². The summed E-state index contributed by atoms with van der Waals surface area (Å²) in [7, 11) is 0. The first kappa shape index (κ1) is 15.4. The molecule has 3 heterocycles. The Hall–Kier alpha value is -0.500. The van der Waals surface area contributed by atoms with Crippen molar-refractivity contribution >= 4 is 52.2 Å². The van der Waals surface area contributed by atoms with Crippen LogP contribution in [0.4, 0.5) is 0 Å². The average molecular weight is 358 g/mol. The maximum atomic E-state index is 11.0. The number of aromatic nitrogens is 1. The molecule has 1 aliphatic rings. The molecule has 1 fully saturated rings. The van der Waals surface area contributed by atoms with Gasteiger partial charge in [-0.1, -0.05) is 6.92 Å². The van der Waals surface area contributed by atoms with Gasteiger partial charge in [-0.3, -0.25) is 0 Å². The van der Waals surface area contributed by atoms with E-state index in [-0.39, 0.29) is 0 Å². The fourth-order valence-electron chi connectivity index (χ4n) is 2.25. The molecule has 0 bridgehead atoms. The molecule has 2 aromatic heterocycles. The third kappa shape index (κ3) is 3.31. The van der Waals surface area contributed by atoms with E-state index < -0.39 is 5.97 Å². The van der Waals surface area contributed by atoms with Crippen LogP contribution in [-0.4, -0.2) is 32.8 Å². The average Bonchev–Trinajstić information content (AvgIpc) is 3.16. The van der Waals surface area contributed by atoms with Crippen LogP contribution in [0.5, 0.6) is 0 Å². The van der Waals surface area contributed by atoms with Gasteiger partial charge >= 0.3 is 5.97 Å². The molecule has 2 unspecified atom stereocenters. The molecular weight excluding hydrogens is 342 g/mol. The molecule has 1 saturated heterocycles. The highest BCUT2D eigenvalue weighted by Crippen LogP contribution is 2.45. The Bertz CT molecular complexity index is 636. The fraction of sp³-hybridized carbons (Fsp3) is 0.429. The lowest BCUT2D eigenvalue weighted by Crippen LogP contribution is -2.18. The highest BCUT2D eigenvalue weighted by Gasteiger charge is 2.29. The molecule has 0 radical (unpaired) electrons. The minimum absolute atomic E-state index is 0.346. The van der Waals surface area contributed by atoms with Gasteiger partial charge in [0.2, 0.25) is 0 Å². The van der Waals surface area contributed by atoms with Crippen LogP contribution in [0.1, 0.15) is 34.0 Å². The first-order valence-electron chi connectivity index (χ1n) is 6.70. The molecule has 2 atom stereocenters. The van der Waals surface area contributed by atoms with E-state index in [1.165, 1.54) is 34.3 Å². The van der Waals surface area contributed by atoms with Gasteiger partial charge in [0.1, 0.15) is 5.01 Å². The second-order valence-electron chi connectivity index (χ2n) is 4.68. The summed E-state index contributed by atoms with van der Waals surface area (Å²) in [5.74, 6) is 1.53. The summed E-state index contributed by atoms with van der Waals surface area (Å²) in [6.07, 6.45) is 1.17. The molecule has 0 saturated carbocycles. The van der Waals surface area contributed by atoms with Crippen LogP contribution in [0, 0.1) is 0 Å². The van der Waals surface area contributed by atoms with Gasteiger partial charge in [0.15, 0.2) is 0 Å². The Morgan fingerprint density at radius 2 is 2.14 bits per heavy atom. The van der Waals surface area contributed by atoms with E-state index in [0.29, 0.717) is 16.1 Å². The molecule has 3 rings (SSSR count). The Morgan fingerprint density at radius 3 is 2.86 bits per heavy atom. The van der Waals surface area contributed by atoms with Crippen molar-refractivity contribution in [3.63, 3.8) is 0 Å². The summed E-state index contributed by atoms with van der Waals surface area (Å²) in [5, 5.41) is 15.0. The van der Waals surface area contributed by atoms with E-state index in [4.69, 9.17) is 10.1 Å². The van der Waals surface area contributed by atoms with Crippen molar-refractivity contribution in [1.82, 2.24) is 4.98 Å². The summed E-state index contributed by atoms with van der Waals surface area (Å²) in [6.45, 7) is 2.24. The second kappa shape index (κ2) is 6.73. The van der Waals surface area contributed by atoms with Crippen molar-refractivity contribution in [3.05, 3.63) is 27.4 Å². The SMILES string of the molecule is CCC1SCCSC1c1nc(-c2cc(C(=O)O)cs2)cs1. The Kier molecular flexibility index (Phi) is 4.93. The van der Waals surface area contributed by atoms with Gasteiger partial charge in [0, 0.05) is 27.5 Å². The Labute approximate surface area is 140 Å². The van der Waals surface area contributed by atoms with Gasteiger partial charge in [0.25, 0.3) is 0 Å². The monoisotopic (exact) mass is 357 g/mol. The maximum Gasteiger partial charge on any atom is 0.336 e. The quantitative estimate of drug-likeness (QED) is 0.846. The van der Waals surface area contributed by atoms with E-state index in [1.54, 1.807) is 22.8 Å². The molecule has 0 aliphatic carbocycles. The zero-order valence-electron chi connectivity index (χ0n) is 11.4. The third-order valence-electron chi connectivity index (χ3n) is 3.32. The predicted octanol–water partition coefficient (Wildman–Crippen LogP) is 4.87. The first-order chi connectivity index (χ1) is 10.2. The van der Waals surface area contributed by atoms with E-state index in [0.717, 1.165) is 10.6 Å². The van der Waals surface area contributed by atoms with Crippen molar-refractivity contribution in [2.24, 2.45) is 0 Å². The standard InChI is InChI=1S/C14H15NO2S4/c1-2-10-12(19-4-3-18-10)13-15-9(7-21-13)11-5-8(6-20-11)14(16)17/h5-7,10,12H,2-4H2,1H3,(H,16,17). The van der Waals surface area contributed by atoms with Crippen LogP contribution in [0.2, 0.25) is 0 Å². The van der Waals surface area contributed by atoms with E-state index >= 15 is 0 Å². The number of carboxylic acid groups (broad SMARTS) is 1. The zero-order chi connectivity index (χ0) is 14.8. The summed E-state index contributed by atoms with van der Waals surface area (Å²) >= 11 is 7.20. The highest BCUT2D eigenvalue weighted by atomic mass is 32.2. The Balaban J connectivity index is 1.83. The van der Waals surface area contributed by atoms with Gasteiger partial charge in [-0.25, -0.2) is 9.78 Å². The molecule has 3 nitrogen and oxygen atoms in total. The summed E-state index contributed by atoms with van der Waals surface area (Å²) in [4.78, 5) is 16.7. The van der Waals surface area contributed by atoms with Gasteiger partial charge in [-0.2, -0.15) is 11.8 Å². The third-order valence-corrected chi connectivity index (χ3v) is 8.60. The molecule has 1 N–H and O–H groups in total. The lowest BCUT2D eigenvalue weighted by Gasteiger charge is -2.28. The number of carbonyl (C=O) groups is 1. The number of thiophene rings is 1. The number of nitrogens with zero attached hydrogens (tertiary/aromatic N) is 1. The summed E-state index contributed by atoms with van der Waals surface area (Å²) in [5.41, 5.74) is 1.26. The maximum absolute atomic E-state index is 11.0. The van der Waals surface area contributed by atoms with E-state index in [2.05, 4.69) is 12.3 Å². The molecule has 0 amide bonds. The lowest BCUT2D eigenvalue weighted by molar-refractivity contribution is 0.0697. The van der Waals surface area contributed by atoms with Crippen LogP contribution in [0.3, 0.4) is 0 Å². The van der Waals surface area contributed by atoms with Crippen LogP contribution in [0.25, 0.3) is 10.6 Å². The highest BCUT2D eigenvalue weighted by molar-refractivity contribution is 8.06. The lowest BCUT2D eigenvalue weighted by atomic mass is 10.2. The van der Waals surface area contributed by atoms with Crippen LogP contribution >= 0.6 is 46.2 Å². The van der Waals surface area contributed by atoms with Gasteiger partial charge in [-0.05, 0) is 12.5 Å². The van der Waals surface area contributed by atoms with Gasteiger partial charge in [0.05, 0.1) is 21.4 Å². The molecule has 2 aromatic rings. The number of thiazole rings is 1. The molecule has 0 aromatic carbocycles. The second-order valence-corrected chi connectivity index (χ2v) is 9.08. The minimum Gasteiger partial charge on any atom is -0.478 e. The molecule has 7 heteroatoms. The van der Waals surface area contributed by atoms with Crippen LogP contribution in [-0.2, 0) is 0 Å². The molecule has 0 spiro atoms. The number of hydrogen-bond donors (Lipinski definition) is 1. The number of thioether (sulfide) groups is 2. The largest absolute Gasteiger partial charge is 0.478 e. The van der Waals surface area contributed by atoms with E-state index in [1.807, 2.05) is 23.5 Å². The molecule has 21 heavy (non-hydrogen) atoms. The normalized spacial score (nSPS) is 22.3. The summed E-state index contributed by atoms with van der Waals surface area (Å²) in [6, 6.07) is 1.71. The smallest absolute Gasteiger partial charge is 0.336 e. The van der Waals surface area contributed by atoms with Gasteiger partial charge in [-0.15, -0.1) is 34.4 Å². The Morgan fingerprint density at radius 1 is 1.33 bits per heavy atom. The topological polar surface area (TPSA) is 50.2 Å². The van der Waals surface area contributed by atoms with Crippen molar-refractivity contribution < 1.29 is 9.90 Å². The van der Waals surface area contributed by atoms with E-state index in [9.17, 15) is 4.79 Å².